The molecule has 1 aliphatic heterocycles. The Morgan fingerprint density at radius 3 is 2.83 bits per heavy atom. The van der Waals surface area contributed by atoms with Crippen LogP contribution in [0.2, 0.25) is 0 Å². The largest absolute Gasteiger partial charge is 0.507 e. The highest BCUT2D eigenvalue weighted by Gasteiger charge is 2.13. The van der Waals surface area contributed by atoms with Crippen molar-refractivity contribution in [1.29, 1.82) is 0 Å². The van der Waals surface area contributed by atoms with Crippen LogP contribution in [0.15, 0.2) is 23.3 Å². The molecule has 0 saturated carbocycles. The Hall–Kier alpha value is -1.70. The topological polar surface area (TPSA) is 70.3 Å². The molecule has 0 aliphatic carbocycles. The molecule has 1 heterocycles. The predicted octanol–water partition coefficient (Wildman–Crippen LogP) is 0.194. The van der Waals surface area contributed by atoms with Crippen LogP contribution in [0.5, 0.6) is 5.75 Å². The van der Waals surface area contributed by atoms with Crippen molar-refractivity contribution in [3.8, 4) is 5.75 Å². The summed E-state index contributed by atoms with van der Waals surface area (Å²) >= 11 is 5.27. The second kappa shape index (κ2) is 9.56. The maximum absolute atomic E-state index is 10.0. The van der Waals surface area contributed by atoms with Gasteiger partial charge in [-0.3, -0.25) is 5.43 Å². The molecule has 4 N–H and O–H groups in total. The molecule has 1 saturated heterocycles. The van der Waals surface area contributed by atoms with Crippen LogP contribution in [0.4, 0.5) is 0 Å². The first-order valence-electron chi connectivity index (χ1n) is 8.42. The molecule has 0 radical (unpaired) electrons. The molecule has 0 spiro atoms. The fraction of sp³-hybridized carbons (Fsp3) is 0.529. The van der Waals surface area contributed by atoms with Crippen LogP contribution in [0.3, 0.4) is 0 Å². The van der Waals surface area contributed by atoms with E-state index in [1.165, 1.54) is 4.90 Å². The SMILES string of the molecule is CC/C(=N\NC(=S)NCC[NH+]1CCOCC1)c1cc(C)ccc1O. The zero-order chi connectivity index (χ0) is 17.4. The summed E-state index contributed by atoms with van der Waals surface area (Å²) in [6.07, 6.45) is 0.699. The Morgan fingerprint density at radius 1 is 1.38 bits per heavy atom. The van der Waals surface area contributed by atoms with Crippen LogP contribution < -0.4 is 15.6 Å². The Balaban J connectivity index is 1.83. The summed E-state index contributed by atoms with van der Waals surface area (Å²) in [7, 11) is 0. The van der Waals surface area contributed by atoms with Crippen LogP contribution in [0.1, 0.15) is 24.5 Å². The normalized spacial score (nSPS) is 16.0. The quantitative estimate of drug-likeness (QED) is 0.335. The Morgan fingerprint density at radius 2 is 2.12 bits per heavy atom. The van der Waals surface area contributed by atoms with E-state index in [0.29, 0.717) is 11.5 Å². The monoisotopic (exact) mass is 351 g/mol. The van der Waals surface area contributed by atoms with Crippen molar-refractivity contribution >= 4 is 23.0 Å². The van der Waals surface area contributed by atoms with E-state index in [1.807, 2.05) is 26.0 Å². The van der Waals surface area contributed by atoms with Gasteiger partial charge in [-0.2, -0.15) is 5.10 Å². The zero-order valence-electron chi connectivity index (χ0n) is 14.4. The summed E-state index contributed by atoms with van der Waals surface area (Å²) in [5.74, 6) is 0.234. The van der Waals surface area contributed by atoms with E-state index < -0.39 is 0 Å². The number of aromatic hydroxyl groups is 1. The van der Waals surface area contributed by atoms with Gasteiger partial charge in [0.05, 0.1) is 32.0 Å². The van der Waals surface area contributed by atoms with Crippen molar-refractivity contribution in [2.75, 3.05) is 39.4 Å². The lowest BCUT2D eigenvalue weighted by Crippen LogP contribution is -3.14. The first kappa shape index (κ1) is 18.6. The molecule has 1 aliphatic rings. The van der Waals surface area contributed by atoms with Gasteiger partial charge in [-0.25, -0.2) is 0 Å². The van der Waals surface area contributed by atoms with Crippen molar-refractivity contribution in [2.24, 2.45) is 5.10 Å². The third-order valence-corrected chi connectivity index (χ3v) is 4.29. The zero-order valence-corrected chi connectivity index (χ0v) is 15.2. The van der Waals surface area contributed by atoms with E-state index in [9.17, 15) is 5.11 Å². The molecule has 132 valence electrons. The van der Waals surface area contributed by atoms with Gasteiger partial charge in [0.1, 0.15) is 18.8 Å². The Bertz CT molecular complexity index is 586. The number of benzene rings is 1. The number of thiocarbonyl (C=S) groups is 1. The molecular weight excluding hydrogens is 324 g/mol. The number of hydrogen-bond donors (Lipinski definition) is 4. The third kappa shape index (κ3) is 5.74. The van der Waals surface area contributed by atoms with Crippen molar-refractivity contribution in [1.82, 2.24) is 10.7 Å². The van der Waals surface area contributed by atoms with Gasteiger partial charge in [0, 0.05) is 5.56 Å². The minimum absolute atomic E-state index is 0.234. The standard InChI is InChI=1S/C17H26N4O2S/c1-3-15(14-12-13(2)4-5-16(14)22)19-20-17(24)18-6-7-21-8-10-23-11-9-21/h4-5,12,22H,3,6-11H2,1-2H3,(H2,18,20,24)/p+1/b19-15+. The van der Waals surface area contributed by atoms with Gasteiger partial charge in [-0.05, 0) is 37.7 Å². The van der Waals surface area contributed by atoms with Gasteiger partial charge >= 0.3 is 0 Å². The highest BCUT2D eigenvalue weighted by Crippen LogP contribution is 2.20. The summed E-state index contributed by atoms with van der Waals surface area (Å²) in [6, 6.07) is 5.49. The van der Waals surface area contributed by atoms with E-state index in [2.05, 4.69) is 15.8 Å². The summed E-state index contributed by atoms with van der Waals surface area (Å²) in [5.41, 5.74) is 5.48. The number of hydrogen-bond acceptors (Lipinski definition) is 4. The number of quaternary nitrogens is 1. The van der Waals surface area contributed by atoms with E-state index >= 15 is 0 Å². The number of phenols is 1. The van der Waals surface area contributed by atoms with Gasteiger partial charge in [0.25, 0.3) is 0 Å². The number of nitrogens with zero attached hydrogens (tertiary/aromatic N) is 1. The van der Waals surface area contributed by atoms with E-state index in [1.54, 1.807) is 6.07 Å². The smallest absolute Gasteiger partial charge is 0.187 e. The van der Waals surface area contributed by atoms with Crippen LogP contribution in [-0.4, -0.2) is 55.3 Å². The number of nitrogens with one attached hydrogen (secondary N) is 3. The molecular formula is C17H27N4O2S+. The lowest BCUT2D eigenvalue weighted by Gasteiger charge is -2.23. The second-order valence-electron chi connectivity index (χ2n) is 5.91. The van der Waals surface area contributed by atoms with E-state index in [4.69, 9.17) is 17.0 Å². The number of rotatable bonds is 6. The fourth-order valence-corrected chi connectivity index (χ4v) is 2.78. The predicted molar refractivity (Wildman–Crippen MR) is 99.8 cm³/mol. The fourth-order valence-electron chi connectivity index (χ4n) is 2.63. The molecule has 0 atom stereocenters. The van der Waals surface area contributed by atoms with Crippen molar-refractivity contribution in [3.63, 3.8) is 0 Å². The molecule has 0 bridgehead atoms. The minimum Gasteiger partial charge on any atom is -0.507 e. The van der Waals surface area contributed by atoms with Gasteiger partial charge in [0.2, 0.25) is 0 Å². The summed E-state index contributed by atoms with van der Waals surface area (Å²) in [5, 5.41) is 18.0. The number of morpholine rings is 1. The van der Waals surface area contributed by atoms with Gasteiger partial charge in [-0.15, -0.1) is 0 Å². The second-order valence-corrected chi connectivity index (χ2v) is 6.32. The molecule has 0 unspecified atom stereocenters. The Labute approximate surface area is 148 Å². The van der Waals surface area contributed by atoms with Gasteiger partial charge in [0.15, 0.2) is 5.11 Å². The Kier molecular flexibility index (Phi) is 7.42. The molecule has 2 rings (SSSR count). The maximum Gasteiger partial charge on any atom is 0.187 e. The third-order valence-electron chi connectivity index (χ3n) is 4.05. The summed E-state index contributed by atoms with van der Waals surface area (Å²) in [4.78, 5) is 1.53. The lowest BCUT2D eigenvalue weighted by atomic mass is 10.0. The molecule has 1 aromatic rings. The molecule has 1 fully saturated rings. The van der Waals surface area contributed by atoms with Crippen LogP contribution >= 0.6 is 12.2 Å². The maximum atomic E-state index is 10.0. The van der Waals surface area contributed by atoms with E-state index in [-0.39, 0.29) is 5.75 Å². The van der Waals surface area contributed by atoms with E-state index in [0.717, 1.165) is 56.2 Å². The number of phenolic OH excluding ortho intramolecular Hbond substituents is 1. The average molecular weight is 351 g/mol. The van der Waals surface area contributed by atoms with Crippen molar-refractivity contribution < 1.29 is 14.7 Å². The first-order chi connectivity index (χ1) is 11.6. The molecule has 6 nitrogen and oxygen atoms in total. The van der Waals surface area contributed by atoms with Crippen LogP contribution in [-0.2, 0) is 4.74 Å². The molecule has 24 heavy (non-hydrogen) atoms. The molecule has 0 aromatic heterocycles. The molecule has 1 aromatic carbocycles. The highest BCUT2D eigenvalue weighted by molar-refractivity contribution is 7.80. The average Bonchev–Trinajstić information content (AvgIpc) is 2.59. The van der Waals surface area contributed by atoms with Crippen LogP contribution in [0.25, 0.3) is 0 Å². The first-order valence-corrected chi connectivity index (χ1v) is 8.82. The number of hydrazone groups is 1. The van der Waals surface area contributed by atoms with Gasteiger partial charge in [-0.1, -0.05) is 18.6 Å². The molecule has 7 heteroatoms. The van der Waals surface area contributed by atoms with Crippen molar-refractivity contribution in [2.45, 2.75) is 20.3 Å². The summed E-state index contributed by atoms with van der Waals surface area (Å²) < 4.78 is 5.35. The number of ether oxygens (including phenoxy) is 1. The minimum atomic E-state index is 0.234. The highest BCUT2D eigenvalue weighted by atomic mass is 32.1. The van der Waals surface area contributed by atoms with Crippen molar-refractivity contribution in [3.05, 3.63) is 29.3 Å². The number of aryl methyl sites for hydroxylation is 1. The van der Waals surface area contributed by atoms with Gasteiger partial charge < -0.3 is 20.1 Å². The summed E-state index contributed by atoms with van der Waals surface area (Å²) in [6.45, 7) is 9.57. The lowest BCUT2D eigenvalue weighted by molar-refractivity contribution is -0.906. The van der Waals surface area contributed by atoms with Crippen LogP contribution in [0, 0.1) is 6.92 Å². The molecule has 0 amide bonds.